The van der Waals surface area contributed by atoms with Crippen molar-refractivity contribution in [2.45, 2.75) is 37.7 Å². The van der Waals surface area contributed by atoms with E-state index >= 15 is 0 Å². The maximum Gasteiger partial charge on any atom is 0.233 e. The lowest BCUT2D eigenvalue weighted by Crippen LogP contribution is -2.30. The maximum atomic E-state index is 12.5. The van der Waals surface area contributed by atoms with Crippen LogP contribution in [0.25, 0.3) is 5.69 Å². The van der Waals surface area contributed by atoms with E-state index in [1.807, 2.05) is 57.2 Å². The number of nitrogens with one attached hydrogen (secondary N) is 1. The minimum atomic E-state index is -0.339. The van der Waals surface area contributed by atoms with Gasteiger partial charge in [-0.3, -0.25) is 4.79 Å². The van der Waals surface area contributed by atoms with Crippen LogP contribution in [0.4, 0.5) is 0 Å². The third kappa shape index (κ3) is 4.69. The van der Waals surface area contributed by atoms with Gasteiger partial charge in [0.15, 0.2) is 0 Å². The highest BCUT2D eigenvalue weighted by molar-refractivity contribution is 8.00. The lowest BCUT2D eigenvalue weighted by molar-refractivity contribution is -0.120. The van der Waals surface area contributed by atoms with E-state index in [1.54, 1.807) is 11.8 Å². The molecule has 0 saturated heterocycles. The van der Waals surface area contributed by atoms with Crippen LogP contribution in [0.5, 0.6) is 5.75 Å². The maximum absolute atomic E-state index is 12.5. The standard InChI is InChI=1S/C20H23N5O2S/c1-13-5-10-18(14(2)11-13)25-20(22-23-24-25)28-15(3)19(26)21-12-16-6-8-17(27-4)9-7-16/h5-11,15H,12H2,1-4H3,(H,21,26)/t15-/m1/s1. The van der Waals surface area contributed by atoms with Gasteiger partial charge in [-0.1, -0.05) is 41.6 Å². The first kappa shape index (κ1) is 19.9. The predicted octanol–water partition coefficient (Wildman–Crippen LogP) is 3.08. The molecule has 1 atom stereocenters. The predicted molar refractivity (Wildman–Crippen MR) is 109 cm³/mol. The van der Waals surface area contributed by atoms with Gasteiger partial charge in [0.1, 0.15) is 5.75 Å². The summed E-state index contributed by atoms with van der Waals surface area (Å²) in [4.78, 5) is 12.5. The molecule has 1 amide bonds. The summed E-state index contributed by atoms with van der Waals surface area (Å²) >= 11 is 1.33. The monoisotopic (exact) mass is 397 g/mol. The highest BCUT2D eigenvalue weighted by Gasteiger charge is 2.19. The zero-order valence-electron chi connectivity index (χ0n) is 16.3. The fourth-order valence-corrected chi connectivity index (χ4v) is 3.56. The van der Waals surface area contributed by atoms with E-state index in [1.165, 1.54) is 17.3 Å². The number of rotatable bonds is 7. The molecule has 0 aliphatic rings. The van der Waals surface area contributed by atoms with E-state index in [4.69, 9.17) is 4.74 Å². The van der Waals surface area contributed by atoms with Crippen molar-refractivity contribution in [2.75, 3.05) is 7.11 Å². The molecule has 0 radical (unpaired) electrons. The molecule has 0 bridgehead atoms. The van der Waals surface area contributed by atoms with Gasteiger partial charge in [0.2, 0.25) is 11.1 Å². The number of thioether (sulfide) groups is 1. The fourth-order valence-electron chi connectivity index (χ4n) is 2.73. The molecule has 1 N–H and O–H groups in total. The third-order valence-electron chi connectivity index (χ3n) is 4.30. The Bertz CT molecular complexity index is 955. The third-order valence-corrected chi connectivity index (χ3v) is 5.33. The smallest absolute Gasteiger partial charge is 0.233 e. The van der Waals surface area contributed by atoms with Gasteiger partial charge in [0.05, 0.1) is 18.0 Å². The molecule has 3 aromatic rings. The summed E-state index contributed by atoms with van der Waals surface area (Å²) in [6, 6.07) is 13.7. The van der Waals surface area contributed by atoms with Crippen molar-refractivity contribution >= 4 is 17.7 Å². The SMILES string of the molecule is COc1ccc(CNC(=O)[C@@H](C)Sc2nnnn2-c2ccc(C)cc2C)cc1. The fraction of sp³-hybridized carbons (Fsp3) is 0.300. The molecule has 7 nitrogen and oxygen atoms in total. The highest BCUT2D eigenvalue weighted by Crippen LogP contribution is 2.25. The van der Waals surface area contributed by atoms with Gasteiger partial charge in [0, 0.05) is 6.54 Å². The first-order chi connectivity index (χ1) is 13.5. The summed E-state index contributed by atoms with van der Waals surface area (Å²) in [5.74, 6) is 0.716. The molecule has 8 heteroatoms. The number of hydrogen-bond acceptors (Lipinski definition) is 6. The van der Waals surface area contributed by atoms with E-state index in [0.717, 1.165) is 22.6 Å². The number of methoxy groups -OCH3 is 1. The molecule has 146 valence electrons. The van der Waals surface area contributed by atoms with Crippen molar-refractivity contribution in [3.63, 3.8) is 0 Å². The van der Waals surface area contributed by atoms with Crippen molar-refractivity contribution in [1.82, 2.24) is 25.5 Å². The van der Waals surface area contributed by atoms with Crippen molar-refractivity contribution < 1.29 is 9.53 Å². The van der Waals surface area contributed by atoms with Crippen LogP contribution >= 0.6 is 11.8 Å². The van der Waals surface area contributed by atoms with E-state index < -0.39 is 0 Å². The lowest BCUT2D eigenvalue weighted by atomic mass is 10.1. The normalized spacial score (nSPS) is 11.9. The summed E-state index contributed by atoms with van der Waals surface area (Å²) in [7, 11) is 1.63. The number of aromatic nitrogens is 4. The summed E-state index contributed by atoms with van der Waals surface area (Å²) in [5, 5.41) is 15.2. The molecule has 0 saturated carbocycles. The Kier molecular flexibility index (Phi) is 6.30. The van der Waals surface area contributed by atoms with Crippen LogP contribution in [0, 0.1) is 13.8 Å². The summed E-state index contributed by atoms with van der Waals surface area (Å²) in [6.45, 7) is 6.36. The van der Waals surface area contributed by atoms with Crippen molar-refractivity contribution in [3.8, 4) is 11.4 Å². The molecule has 0 unspecified atom stereocenters. The number of hydrogen-bond donors (Lipinski definition) is 1. The molecule has 0 spiro atoms. The average molecular weight is 398 g/mol. The molecule has 0 aliphatic carbocycles. The van der Waals surface area contributed by atoms with Crippen LogP contribution in [-0.2, 0) is 11.3 Å². The Labute approximate surface area is 168 Å². The topological polar surface area (TPSA) is 81.9 Å². The molecule has 0 aliphatic heterocycles. The Balaban J connectivity index is 1.63. The number of aryl methyl sites for hydroxylation is 2. The van der Waals surface area contributed by atoms with Gasteiger partial charge in [-0.05, 0) is 60.5 Å². The molecule has 3 rings (SSSR count). The first-order valence-electron chi connectivity index (χ1n) is 8.91. The van der Waals surface area contributed by atoms with Gasteiger partial charge >= 0.3 is 0 Å². The summed E-state index contributed by atoms with van der Waals surface area (Å²) in [5.41, 5.74) is 4.16. The van der Waals surface area contributed by atoms with Crippen LogP contribution in [0.15, 0.2) is 47.6 Å². The molecule has 1 aromatic heterocycles. The van der Waals surface area contributed by atoms with Gasteiger partial charge in [-0.25, -0.2) is 0 Å². The zero-order valence-corrected chi connectivity index (χ0v) is 17.2. The molecular formula is C20H23N5O2S. The van der Waals surface area contributed by atoms with Crippen molar-refractivity contribution in [3.05, 3.63) is 59.2 Å². The lowest BCUT2D eigenvalue weighted by Gasteiger charge is -2.13. The van der Waals surface area contributed by atoms with Crippen molar-refractivity contribution in [1.29, 1.82) is 0 Å². The number of tetrazole rings is 1. The van der Waals surface area contributed by atoms with Crippen LogP contribution in [0.1, 0.15) is 23.6 Å². The Morgan fingerprint density at radius 1 is 1.21 bits per heavy atom. The zero-order chi connectivity index (χ0) is 20.1. The number of amides is 1. The van der Waals surface area contributed by atoms with Gasteiger partial charge in [-0.15, -0.1) is 5.10 Å². The van der Waals surface area contributed by atoms with Gasteiger partial charge in [-0.2, -0.15) is 4.68 Å². The average Bonchev–Trinajstić information content (AvgIpc) is 3.14. The van der Waals surface area contributed by atoms with Gasteiger partial charge in [0.25, 0.3) is 0 Å². The van der Waals surface area contributed by atoms with Crippen LogP contribution in [0.3, 0.4) is 0 Å². The van der Waals surface area contributed by atoms with Crippen molar-refractivity contribution in [2.24, 2.45) is 0 Å². The first-order valence-corrected chi connectivity index (χ1v) is 9.79. The Morgan fingerprint density at radius 2 is 1.96 bits per heavy atom. The van der Waals surface area contributed by atoms with Crippen LogP contribution in [-0.4, -0.2) is 38.5 Å². The minimum Gasteiger partial charge on any atom is -0.497 e. The Morgan fingerprint density at radius 3 is 2.64 bits per heavy atom. The van der Waals surface area contributed by atoms with Gasteiger partial charge < -0.3 is 10.1 Å². The molecule has 28 heavy (non-hydrogen) atoms. The number of benzene rings is 2. The minimum absolute atomic E-state index is 0.0732. The molecular weight excluding hydrogens is 374 g/mol. The molecule has 1 heterocycles. The Hall–Kier alpha value is -2.87. The largest absolute Gasteiger partial charge is 0.497 e. The number of carbonyl (C=O) groups is 1. The summed E-state index contributed by atoms with van der Waals surface area (Å²) < 4.78 is 6.82. The number of ether oxygens (including phenoxy) is 1. The number of nitrogens with zero attached hydrogens (tertiary/aromatic N) is 4. The quantitative estimate of drug-likeness (QED) is 0.617. The molecule has 0 fully saturated rings. The second-order valence-corrected chi connectivity index (χ2v) is 7.80. The molecule has 2 aromatic carbocycles. The summed E-state index contributed by atoms with van der Waals surface area (Å²) in [6.07, 6.45) is 0. The highest BCUT2D eigenvalue weighted by atomic mass is 32.2. The van der Waals surface area contributed by atoms with E-state index in [2.05, 4.69) is 26.9 Å². The van der Waals surface area contributed by atoms with E-state index in [9.17, 15) is 4.79 Å². The van der Waals surface area contributed by atoms with Crippen LogP contribution in [0.2, 0.25) is 0 Å². The van der Waals surface area contributed by atoms with Crippen LogP contribution < -0.4 is 10.1 Å². The second kappa shape index (κ2) is 8.88. The second-order valence-electron chi connectivity index (χ2n) is 6.49. The number of carbonyl (C=O) groups excluding carboxylic acids is 1. The van der Waals surface area contributed by atoms with E-state index in [-0.39, 0.29) is 11.2 Å². The van der Waals surface area contributed by atoms with E-state index in [0.29, 0.717) is 11.7 Å².